The van der Waals surface area contributed by atoms with Crippen molar-refractivity contribution < 1.29 is 4.74 Å². The van der Waals surface area contributed by atoms with Gasteiger partial charge >= 0.3 is 0 Å². The summed E-state index contributed by atoms with van der Waals surface area (Å²) in [5.74, 6) is 0.911. The predicted octanol–water partition coefficient (Wildman–Crippen LogP) is 1.56. The summed E-state index contributed by atoms with van der Waals surface area (Å²) < 4.78 is 5.18. The van der Waals surface area contributed by atoms with E-state index in [0.29, 0.717) is 0 Å². The van der Waals surface area contributed by atoms with Gasteiger partial charge in [0, 0.05) is 25.9 Å². The molecule has 2 N–H and O–H groups in total. The highest BCUT2D eigenvalue weighted by Gasteiger charge is 2.02. The molecule has 0 radical (unpaired) electrons. The fourth-order valence-corrected chi connectivity index (χ4v) is 1.47. The van der Waals surface area contributed by atoms with Gasteiger partial charge in [-0.3, -0.25) is 0 Å². The first-order valence-corrected chi connectivity index (χ1v) is 5.54. The van der Waals surface area contributed by atoms with Crippen LogP contribution in [0.3, 0.4) is 0 Å². The lowest BCUT2D eigenvalue weighted by atomic mass is 10.2. The lowest BCUT2D eigenvalue weighted by molar-refractivity contribution is 0.128. The molecule has 0 aliphatic heterocycles. The summed E-state index contributed by atoms with van der Waals surface area (Å²) in [7, 11) is 3.65. The molecule has 0 saturated heterocycles. The maximum Gasteiger partial charge on any atom is 0.126 e. The maximum absolute atomic E-state index is 5.18. The molecule has 0 saturated carbocycles. The third-order valence-electron chi connectivity index (χ3n) is 2.37. The van der Waals surface area contributed by atoms with E-state index in [9.17, 15) is 0 Å². The number of aryl methyl sites for hydroxylation is 1. The minimum absolute atomic E-state index is 0.190. The molecule has 0 amide bonds. The van der Waals surface area contributed by atoms with Crippen LogP contribution in [0, 0.1) is 6.92 Å². The first-order valence-electron chi connectivity index (χ1n) is 5.54. The van der Waals surface area contributed by atoms with Crippen LogP contribution in [0.4, 0.5) is 5.82 Å². The zero-order valence-electron chi connectivity index (χ0n) is 10.5. The lowest BCUT2D eigenvalue weighted by Crippen LogP contribution is -2.19. The summed E-state index contributed by atoms with van der Waals surface area (Å²) in [6, 6.07) is 4.15. The average molecular weight is 223 g/mol. The Morgan fingerprint density at radius 1 is 1.44 bits per heavy atom. The Bertz CT molecular complexity index is 328. The van der Waals surface area contributed by atoms with Crippen LogP contribution in [0.1, 0.15) is 18.2 Å². The number of hydrogen-bond acceptors (Lipinski definition) is 4. The third kappa shape index (κ3) is 4.16. The number of ether oxygens (including phenoxy) is 1. The summed E-state index contributed by atoms with van der Waals surface area (Å²) in [6.45, 7) is 5.66. The first-order chi connectivity index (χ1) is 7.65. The Labute approximate surface area is 97.4 Å². The number of aromatic nitrogens is 1. The van der Waals surface area contributed by atoms with E-state index in [0.717, 1.165) is 24.6 Å². The van der Waals surface area contributed by atoms with Gasteiger partial charge in [0.25, 0.3) is 0 Å². The molecule has 1 atom stereocenters. The van der Waals surface area contributed by atoms with Crippen molar-refractivity contribution in [2.24, 2.45) is 0 Å². The van der Waals surface area contributed by atoms with Crippen molar-refractivity contribution in [3.8, 4) is 0 Å². The summed E-state index contributed by atoms with van der Waals surface area (Å²) in [4.78, 5) is 4.43. The number of hydrogen-bond donors (Lipinski definition) is 2. The van der Waals surface area contributed by atoms with Crippen LogP contribution < -0.4 is 10.6 Å². The Morgan fingerprint density at radius 2 is 2.19 bits per heavy atom. The smallest absolute Gasteiger partial charge is 0.126 e. The van der Waals surface area contributed by atoms with E-state index in [1.165, 1.54) is 5.56 Å². The van der Waals surface area contributed by atoms with Gasteiger partial charge in [0.2, 0.25) is 0 Å². The highest BCUT2D eigenvalue weighted by Crippen LogP contribution is 2.10. The monoisotopic (exact) mass is 223 g/mol. The Kier molecular flexibility index (Phi) is 5.22. The molecule has 16 heavy (non-hydrogen) atoms. The van der Waals surface area contributed by atoms with Crippen LogP contribution in [0.15, 0.2) is 12.1 Å². The standard InChI is InChI=1S/C12H21N3O/c1-9-5-11(8-13-3)6-12(15-9)14-7-10(2)16-4/h5-6,10,13H,7-8H2,1-4H3,(H,14,15). The van der Waals surface area contributed by atoms with Crippen LogP contribution >= 0.6 is 0 Å². The molecule has 1 heterocycles. The molecule has 0 aromatic carbocycles. The quantitative estimate of drug-likeness (QED) is 0.768. The van der Waals surface area contributed by atoms with Crippen LogP contribution in [0.25, 0.3) is 0 Å². The second-order valence-electron chi connectivity index (χ2n) is 3.96. The van der Waals surface area contributed by atoms with Gasteiger partial charge < -0.3 is 15.4 Å². The van der Waals surface area contributed by atoms with Gasteiger partial charge in [0.05, 0.1) is 6.10 Å². The van der Waals surface area contributed by atoms with Gasteiger partial charge in [-0.2, -0.15) is 0 Å². The third-order valence-corrected chi connectivity index (χ3v) is 2.37. The van der Waals surface area contributed by atoms with Crippen molar-refractivity contribution in [1.82, 2.24) is 10.3 Å². The highest BCUT2D eigenvalue weighted by molar-refractivity contribution is 5.39. The van der Waals surface area contributed by atoms with Crippen LogP contribution in [-0.2, 0) is 11.3 Å². The molecule has 1 unspecified atom stereocenters. The van der Waals surface area contributed by atoms with Crippen LogP contribution in [0.2, 0.25) is 0 Å². The molecule has 0 spiro atoms. The van der Waals surface area contributed by atoms with E-state index in [1.807, 2.05) is 20.9 Å². The molecule has 0 aliphatic rings. The van der Waals surface area contributed by atoms with E-state index in [1.54, 1.807) is 7.11 Å². The van der Waals surface area contributed by atoms with Gasteiger partial charge in [-0.25, -0.2) is 4.98 Å². The number of methoxy groups -OCH3 is 1. The molecule has 4 heteroatoms. The van der Waals surface area contributed by atoms with Crippen molar-refractivity contribution in [2.45, 2.75) is 26.5 Å². The topological polar surface area (TPSA) is 46.2 Å². The number of pyridine rings is 1. The SMILES string of the molecule is CNCc1cc(C)nc(NCC(C)OC)c1. The van der Waals surface area contributed by atoms with E-state index in [2.05, 4.69) is 27.8 Å². The molecule has 1 aromatic heterocycles. The minimum Gasteiger partial charge on any atom is -0.380 e. The molecule has 4 nitrogen and oxygen atoms in total. The van der Waals surface area contributed by atoms with Gasteiger partial charge in [0.1, 0.15) is 5.82 Å². The Hall–Kier alpha value is -1.13. The predicted molar refractivity (Wildman–Crippen MR) is 66.7 cm³/mol. The van der Waals surface area contributed by atoms with E-state index < -0.39 is 0 Å². The molecule has 0 fully saturated rings. The molecule has 1 rings (SSSR count). The fraction of sp³-hybridized carbons (Fsp3) is 0.583. The van der Waals surface area contributed by atoms with Crippen molar-refractivity contribution in [1.29, 1.82) is 0 Å². The van der Waals surface area contributed by atoms with Gasteiger partial charge in [-0.15, -0.1) is 0 Å². The number of anilines is 1. The lowest BCUT2D eigenvalue weighted by Gasteiger charge is -2.12. The number of nitrogens with one attached hydrogen (secondary N) is 2. The van der Waals surface area contributed by atoms with Crippen LogP contribution in [-0.4, -0.2) is 31.8 Å². The molecule has 0 bridgehead atoms. The van der Waals surface area contributed by atoms with E-state index in [-0.39, 0.29) is 6.10 Å². The highest BCUT2D eigenvalue weighted by atomic mass is 16.5. The van der Waals surface area contributed by atoms with E-state index >= 15 is 0 Å². The normalized spacial score (nSPS) is 12.5. The molecule has 0 aliphatic carbocycles. The average Bonchev–Trinajstić information content (AvgIpc) is 2.25. The zero-order chi connectivity index (χ0) is 12.0. The summed E-state index contributed by atoms with van der Waals surface area (Å²) in [6.07, 6.45) is 0.190. The van der Waals surface area contributed by atoms with Crippen molar-refractivity contribution in [2.75, 3.05) is 26.0 Å². The largest absolute Gasteiger partial charge is 0.380 e. The number of nitrogens with zero attached hydrogens (tertiary/aromatic N) is 1. The van der Waals surface area contributed by atoms with Crippen molar-refractivity contribution >= 4 is 5.82 Å². The molecular formula is C12H21N3O. The van der Waals surface area contributed by atoms with Crippen molar-refractivity contribution in [3.05, 3.63) is 23.4 Å². The summed E-state index contributed by atoms with van der Waals surface area (Å²) in [5, 5.41) is 6.41. The second-order valence-corrected chi connectivity index (χ2v) is 3.96. The van der Waals surface area contributed by atoms with Gasteiger partial charge in [-0.1, -0.05) is 0 Å². The Morgan fingerprint density at radius 3 is 2.81 bits per heavy atom. The first kappa shape index (κ1) is 12.9. The molecule has 1 aromatic rings. The second kappa shape index (κ2) is 6.45. The van der Waals surface area contributed by atoms with Crippen LogP contribution in [0.5, 0.6) is 0 Å². The van der Waals surface area contributed by atoms with Crippen molar-refractivity contribution in [3.63, 3.8) is 0 Å². The maximum atomic E-state index is 5.18. The van der Waals surface area contributed by atoms with Gasteiger partial charge in [-0.05, 0) is 38.6 Å². The number of rotatable bonds is 6. The zero-order valence-corrected chi connectivity index (χ0v) is 10.5. The Balaban J connectivity index is 2.64. The fourth-order valence-electron chi connectivity index (χ4n) is 1.47. The molecule has 90 valence electrons. The van der Waals surface area contributed by atoms with Gasteiger partial charge in [0.15, 0.2) is 0 Å². The minimum atomic E-state index is 0.190. The van der Waals surface area contributed by atoms with E-state index in [4.69, 9.17) is 4.74 Å². The molecular weight excluding hydrogens is 202 g/mol. The summed E-state index contributed by atoms with van der Waals surface area (Å²) >= 11 is 0. The summed E-state index contributed by atoms with van der Waals surface area (Å²) in [5.41, 5.74) is 2.27.